The molecule has 76 valence electrons. The van der Waals surface area contributed by atoms with Gasteiger partial charge in [0.2, 0.25) is 0 Å². The molecular formula is C10H11BrINO. The number of rotatable bonds is 2. The molecule has 14 heavy (non-hydrogen) atoms. The molecule has 1 aromatic rings. The molecule has 0 spiro atoms. The van der Waals surface area contributed by atoms with Gasteiger partial charge in [0.1, 0.15) is 0 Å². The topological polar surface area (TPSA) is 29.1 Å². The number of amides is 1. The Bertz CT molecular complexity index is 352. The zero-order valence-electron chi connectivity index (χ0n) is 7.97. The van der Waals surface area contributed by atoms with E-state index >= 15 is 0 Å². The highest BCUT2D eigenvalue weighted by atomic mass is 127. The second-order valence-corrected chi connectivity index (χ2v) is 5.16. The molecule has 0 saturated carbocycles. The molecule has 0 aliphatic heterocycles. The van der Waals surface area contributed by atoms with Crippen molar-refractivity contribution >= 4 is 44.4 Å². The number of hydrogen-bond acceptors (Lipinski definition) is 1. The van der Waals surface area contributed by atoms with Crippen LogP contribution >= 0.6 is 38.5 Å². The molecule has 0 saturated heterocycles. The Morgan fingerprint density at radius 2 is 2.14 bits per heavy atom. The van der Waals surface area contributed by atoms with Gasteiger partial charge in [0.05, 0.1) is 5.56 Å². The molecule has 4 heteroatoms. The molecule has 1 amide bonds. The minimum absolute atomic E-state index is 0.0225. The summed E-state index contributed by atoms with van der Waals surface area (Å²) in [5, 5.41) is 2.86. The van der Waals surface area contributed by atoms with Gasteiger partial charge in [-0.1, -0.05) is 6.07 Å². The molecule has 1 N–H and O–H groups in total. The van der Waals surface area contributed by atoms with Crippen LogP contribution in [-0.4, -0.2) is 11.9 Å². The van der Waals surface area contributed by atoms with Gasteiger partial charge in [0.25, 0.3) is 5.91 Å². The first kappa shape index (κ1) is 12.0. The first-order valence-electron chi connectivity index (χ1n) is 4.27. The van der Waals surface area contributed by atoms with Crippen LogP contribution in [0, 0.1) is 3.57 Å². The average Bonchev–Trinajstić information content (AvgIpc) is 2.08. The van der Waals surface area contributed by atoms with E-state index in [1.165, 1.54) is 0 Å². The lowest BCUT2D eigenvalue weighted by Gasteiger charge is -2.10. The van der Waals surface area contributed by atoms with Gasteiger partial charge < -0.3 is 5.32 Å². The molecule has 0 aliphatic rings. The van der Waals surface area contributed by atoms with Crippen molar-refractivity contribution in [3.8, 4) is 0 Å². The van der Waals surface area contributed by atoms with Crippen LogP contribution in [0.2, 0.25) is 0 Å². The summed E-state index contributed by atoms with van der Waals surface area (Å²) in [5.74, 6) is -0.0225. The van der Waals surface area contributed by atoms with Crippen molar-refractivity contribution in [3.05, 3.63) is 31.8 Å². The highest BCUT2D eigenvalue weighted by Gasteiger charge is 2.11. The fourth-order valence-electron chi connectivity index (χ4n) is 1.02. The smallest absolute Gasteiger partial charge is 0.252 e. The maximum absolute atomic E-state index is 11.7. The summed E-state index contributed by atoms with van der Waals surface area (Å²) < 4.78 is 1.90. The van der Waals surface area contributed by atoms with E-state index < -0.39 is 0 Å². The van der Waals surface area contributed by atoms with Crippen molar-refractivity contribution in [1.82, 2.24) is 5.32 Å². The van der Waals surface area contributed by atoms with Gasteiger partial charge in [0, 0.05) is 14.1 Å². The lowest BCUT2D eigenvalue weighted by molar-refractivity contribution is 0.0942. The van der Waals surface area contributed by atoms with E-state index in [2.05, 4.69) is 43.8 Å². The monoisotopic (exact) mass is 367 g/mol. The van der Waals surface area contributed by atoms with E-state index in [0.717, 1.165) is 8.04 Å². The van der Waals surface area contributed by atoms with Crippen molar-refractivity contribution in [2.45, 2.75) is 19.9 Å². The lowest BCUT2D eigenvalue weighted by Crippen LogP contribution is -2.30. The Labute approximate surface area is 106 Å². The van der Waals surface area contributed by atoms with Crippen molar-refractivity contribution < 1.29 is 4.79 Å². The number of hydrogen-bond donors (Lipinski definition) is 1. The Kier molecular flexibility index (Phi) is 4.37. The van der Waals surface area contributed by atoms with Crippen molar-refractivity contribution in [3.63, 3.8) is 0 Å². The summed E-state index contributed by atoms with van der Waals surface area (Å²) in [6.07, 6.45) is 0. The minimum atomic E-state index is -0.0225. The van der Waals surface area contributed by atoms with E-state index in [1.54, 1.807) is 0 Å². The van der Waals surface area contributed by atoms with E-state index in [4.69, 9.17) is 0 Å². The summed E-state index contributed by atoms with van der Waals surface area (Å²) >= 11 is 5.55. The van der Waals surface area contributed by atoms with Gasteiger partial charge in [-0.25, -0.2) is 0 Å². The molecule has 1 aromatic carbocycles. The van der Waals surface area contributed by atoms with Crippen LogP contribution in [-0.2, 0) is 0 Å². The van der Waals surface area contributed by atoms with Gasteiger partial charge >= 0.3 is 0 Å². The van der Waals surface area contributed by atoms with Gasteiger partial charge in [-0.2, -0.15) is 0 Å². The summed E-state index contributed by atoms with van der Waals surface area (Å²) in [5.41, 5.74) is 0.716. The van der Waals surface area contributed by atoms with Crippen LogP contribution < -0.4 is 5.32 Å². The van der Waals surface area contributed by atoms with Gasteiger partial charge in [0.15, 0.2) is 0 Å². The fourth-order valence-corrected chi connectivity index (χ4v) is 1.99. The van der Waals surface area contributed by atoms with Crippen LogP contribution in [0.15, 0.2) is 22.7 Å². The molecule has 0 heterocycles. The largest absolute Gasteiger partial charge is 0.350 e. The first-order valence-corrected chi connectivity index (χ1v) is 6.14. The van der Waals surface area contributed by atoms with Gasteiger partial charge in [-0.05, 0) is 64.5 Å². The van der Waals surface area contributed by atoms with Crippen LogP contribution in [0.4, 0.5) is 0 Å². The molecule has 0 atom stereocenters. The third-order valence-corrected chi connectivity index (χ3v) is 4.18. The second kappa shape index (κ2) is 5.11. The van der Waals surface area contributed by atoms with E-state index in [-0.39, 0.29) is 11.9 Å². The SMILES string of the molecule is CC(C)NC(=O)c1cccc(Br)c1I. The van der Waals surface area contributed by atoms with Gasteiger partial charge in [-0.3, -0.25) is 4.79 Å². The summed E-state index contributed by atoms with van der Waals surface area (Å²) in [4.78, 5) is 11.7. The van der Waals surface area contributed by atoms with E-state index in [0.29, 0.717) is 5.56 Å². The van der Waals surface area contributed by atoms with Crippen LogP contribution in [0.5, 0.6) is 0 Å². The number of benzene rings is 1. The third-order valence-electron chi connectivity index (χ3n) is 1.62. The van der Waals surface area contributed by atoms with Crippen LogP contribution in [0.25, 0.3) is 0 Å². The number of halogens is 2. The molecule has 0 unspecified atom stereocenters. The molecule has 0 bridgehead atoms. The van der Waals surface area contributed by atoms with E-state index in [1.807, 2.05) is 32.0 Å². The summed E-state index contributed by atoms with van der Waals surface area (Å²) in [6.45, 7) is 3.89. The standard InChI is InChI=1S/C10H11BrINO/c1-6(2)13-10(14)7-4-3-5-8(11)9(7)12/h3-6H,1-2H3,(H,13,14). The second-order valence-electron chi connectivity index (χ2n) is 3.23. The average molecular weight is 368 g/mol. The minimum Gasteiger partial charge on any atom is -0.350 e. The predicted molar refractivity (Wildman–Crippen MR) is 69.5 cm³/mol. The highest BCUT2D eigenvalue weighted by Crippen LogP contribution is 2.22. The normalized spacial score (nSPS) is 10.4. The molecule has 0 aromatic heterocycles. The Morgan fingerprint density at radius 1 is 1.50 bits per heavy atom. The quantitative estimate of drug-likeness (QED) is 0.799. The maximum atomic E-state index is 11.7. The van der Waals surface area contributed by atoms with Gasteiger partial charge in [-0.15, -0.1) is 0 Å². The fraction of sp³-hybridized carbons (Fsp3) is 0.300. The molecule has 2 nitrogen and oxygen atoms in total. The van der Waals surface area contributed by atoms with Crippen LogP contribution in [0.1, 0.15) is 24.2 Å². The Morgan fingerprint density at radius 3 is 2.71 bits per heavy atom. The van der Waals surface area contributed by atoms with Crippen molar-refractivity contribution in [2.24, 2.45) is 0 Å². The maximum Gasteiger partial charge on any atom is 0.252 e. The first-order chi connectivity index (χ1) is 6.52. The van der Waals surface area contributed by atoms with E-state index in [9.17, 15) is 4.79 Å². The molecule has 0 fully saturated rings. The molecule has 0 radical (unpaired) electrons. The van der Waals surface area contributed by atoms with Crippen molar-refractivity contribution in [2.75, 3.05) is 0 Å². The number of nitrogens with one attached hydrogen (secondary N) is 1. The predicted octanol–water partition coefficient (Wildman–Crippen LogP) is 3.19. The number of carbonyl (C=O) groups excluding carboxylic acids is 1. The summed E-state index contributed by atoms with van der Waals surface area (Å²) in [7, 11) is 0. The third kappa shape index (κ3) is 2.95. The van der Waals surface area contributed by atoms with Crippen molar-refractivity contribution in [1.29, 1.82) is 0 Å². The lowest BCUT2D eigenvalue weighted by atomic mass is 10.2. The molecule has 0 aliphatic carbocycles. The zero-order valence-corrected chi connectivity index (χ0v) is 11.7. The highest BCUT2D eigenvalue weighted by molar-refractivity contribution is 14.1. The summed E-state index contributed by atoms with van der Waals surface area (Å²) in [6, 6.07) is 5.77. The number of carbonyl (C=O) groups is 1. The zero-order chi connectivity index (χ0) is 10.7. The van der Waals surface area contributed by atoms with Crippen LogP contribution in [0.3, 0.4) is 0 Å². The molecule has 1 rings (SSSR count). The Balaban J connectivity index is 2.96. The molecular weight excluding hydrogens is 357 g/mol. The Hall–Kier alpha value is -0.100.